The fourth-order valence-corrected chi connectivity index (χ4v) is 2.08. The van der Waals surface area contributed by atoms with Crippen LogP contribution in [-0.4, -0.2) is 16.5 Å². The highest BCUT2D eigenvalue weighted by molar-refractivity contribution is 7.07. The van der Waals surface area contributed by atoms with Crippen LogP contribution >= 0.6 is 11.5 Å². The predicted molar refractivity (Wildman–Crippen MR) is 70.2 cm³/mol. The maximum Gasteiger partial charge on any atom is 0.298 e. The lowest BCUT2D eigenvalue weighted by atomic mass is 10.2. The summed E-state index contributed by atoms with van der Waals surface area (Å²) in [5.41, 5.74) is 6.57. The third kappa shape index (κ3) is 2.96. The Morgan fingerprint density at radius 1 is 1.28 bits per heavy atom. The number of rotatable bonds is 5. The molecule has 2 aromatic rings. The van der Waals surface area contributed by atoms with Crippen molar-refractivity contribution in [2.75, 3.05) is 7.11 Å². The summed E-state index contributed by atoms with van der Waals surface area (Å²) < 4.78 is 15.0. The molecule has 18 heavy (non-hydrogen) atoms. The molecule has 6 heteroatoms. The van der Waals surface area contributed by atoms with Gasteiger partial charge in [0.25, 0.3) is 5.19 Å². The van der Waals surface area contributed by atoms with Crippen LogP contribution in [0.1, 0.15) is 18.3 Å². The molecule has 0 atom stereocenters. The van der Waals surface area contributed by atoms with Crippen LogP contribution in [0.3, 0.4) is 0 Å². The second kappa shape index (κ2) is 5.79. The number of aryl methyl sites for hydroxylation is 1. The van der Waals surface area contributed by atoms with Crippen molar-refractivity contribution < 1.29 is 9.47 Å². The highest BCUT2D eigenvalue weighted by Crippen LogP contribution is 2.28. The van der Waals surface area contributed by atoms with Gasteiger partial charge >= 0.3 is 0 Å². The van der Waals surface area contributed by atoms with Gasteiger partial charge in [-0.25, -0.2) is 0 Å². The summed E-state index contributed by atoms with van der Waals surface area (Å²) in [7, 11) is 1.61. The molecule has 1 aromatic heterocycles. The number of nitrogens with two attached hydrogens (primary N) is 1. The normalized spacial score (nSPS) is 10.4. The van der Waals surface area contributed by atoms with Crippen LogP contribution in [0.5, 0.6) is 16.7 Å². The maximum absolute atomic E-state index is 5.66. The van der Waals surface area contributed by atoms with E-state index < -0.39 is 0 Å². The smallest absolute Gasteiger partial charge is 0.298 e. The molecule has 2 rings (SSSR count). The average Bonchev–Trinajstić information content (AvgIpc) is 2.85. The van der Waals surface area contributed by atoms with Crippen LogP contribution < -0.4 is 15.2 Å². The largest absolute Gasteiger partial charge is 0.497 e. The fourth-order valence-electron chi connectivity index (χ4n) is 1.45. The average molecular weight is 265 g/mol. The molecule has 1 heterocycles. The Labute approximate surface area is 110 Å². The zero-order valence-electron chi connectivity index (χ0n) is 10.3. The number of ether oxygens (including phenoxy) is 2. The second-order valence-electron chi connectivity index (χ2n) is 3.65. The molecule has 0 spiro atoms. The number of aromatic nitrogens is 2. The topological polar surface area (TPSA) is 70.3 Å². The summed E-state index contributed by atoms with van der Waals surface area (Å²) in [6.45, 7) is 2.44. The van der Waals surface area contributed by atoms with E-state index in [2.05, 4.69) is 9.36 Å². The van der Waals surface area contributed by atoms with Gasteiger partial charge in [0, 0.05) is 30.6 Å². The van der Waals surface area contributed by atoms with Gasteiger partial charge in [-0.1, -0.05) is 6.92 Å². The Kier molecular flexibility index (Phi) is 4.11. The second-order valence-corrected chi connectivity index (χ2v) is 4.37. The molecule has 0 radical (unpaired) electrons. The van der Waals surface area contributed by atoms with Crippen LogP contribution in [0.15, 0.2) is 18.2 Å². The molecule has 0 bridgehead atoms. The molecule has 2 N–H and O–H groups in total. The molecule has 0 unspecified atom stereocenters. The van der Waals surface area contributed by atoms with Crippen molar-refractivity contribution in [1.82, 2.24) is 9.36 Å². The Balaban J connectivity index is 2.22. The van der Waals surface area contributed by atoms with Gasteiger partial charge in [0.15, 0.2) is 0 Å². The molecule has 0 saturated carbocycles. The molecule has 0 saturated heterocycles. The molecule has 0 fully saturated rings. The summed E-state index contributed by atoms with van der Waals surface area (Å²) in [6, 6.07) is 5.55. The van der Waals surface area contributed by atoms with Gasteiger partial charge < -0.3 is 15.2 Å². The van der Waals surface area contributed by atoms with Gasteiger partial charge in [-0.05, 0) is 17.7 Å². The number of benzene rings is 1. The predicted octanol–water partition coefficient (Wildman–Crippen LogP) is 2.36. The number of methoxy groups -OCH3 is 1. The van der Waals surface area contributed by atoms with Crippen LogP contribution in [-0.2, 0) is 13.0 Å². The van der Waals surface area contributed by atoms with E-state index in [9.17, 15) is 0 Å². The highest BCUT2D eigenvalue weighted by atomic mass is 32.1. The van der Waals surface area contributed by atoms with Gasteiger partial charge in [-0.15, -0.1) is 0 Å². The van der Waals surface area contributed by atoms with Crippen molar-refractivity contribution >= 4 is 11.5 Å². The van der Waals surface area contributed by atoms with Gasteiger partial charge in [-0.3, -0.25) is 0 Å². The van der Waals surface area contributed by atoms with E-state index in [4.69, 9.17) is 15.2 Å². The number of nitrogens with zero attached hydrogens (tertiary/aromatic N) is 2. The standard InChI is InChI=1S/C12H15N3O2S/c1-3-11-14-12(18-15-11)17-10-5-8(7-13)4-9(6-10)16-2/h4-6H,3,7,13H2,1-2H3. The van der Waals surface area contributed by atoms with Gasteiger partial charge in [0.2, 0.25) is 0 Å². The van der Waals surface area contributed by atoms with E-state index in [-0.39, 0.29) is 0 Å². The SMILES string of the molecule is CCc1nsc(Oc2cc(CN)cc(OC)c2)n1. The van der Waals surface area contributed by atoms with Gasteiger partial charge in [0.1, 0.15) is 17.3 Å². The summed E-state index contributed by atoms with van der Waals surface area (Å²) in [5.74, 6) is 2.17. The zero-order chi connectivity index (χ0) is 13.0. The van der Waals surface area contributed by atoms with E-state index >= 15 is 0 Å². The first kappa shape index (κ1) is 12.8. The minimum absolute atomic E-state index is 0.434. The Bertz CT molecular complexity index is 506. The van der Waals surface area contributed by atoms with Crippen LogP contribution in [0.2, 0.25) is 0 Å². The van der Waals surface area contributed by atoms with E-state index in [0.29, 0.717) is 23.2 Å². The van der Waals surface area contributed by atoms with Crippen LogP contribution in [0.25, 0.3) is 0 Å². The summed E-state index contributed by atoms with van der Waals surface area (Å²) in [5, 5.41) is 0.531. The molecule has 0 aliphatic rings. The Morgan fingerprint density at radius 3 is 2.67 bits per heavy atom. The molecular formula is C12H15N3O2S. The molecule has 5 nitrogen and oxygen atoms in total. The zero-order valence-corrected chi connectivity index (χ0v) is 11.2. The summed E-state index contributed by atoms with van der Waals surface area (Å²) >= 11 is 1.24. The minimum Gasteiger partial charge on any atom is -0.497 e. The first-order valence-electron chi connectivity index (χ1n) is 5.63. The third-order valence-corrected chi connectivity index (χ3v) is 3.01. The Hall–Kier alpha value is -1.66. The van der Waals surface area contributed by atoms with Crippen molar-refractivity contribution in [3.63, 3.8) is 0 Å². The van der Waals surface area contributed by atoms with E-state index in [1.54, 1.807) is 13.2 Å². The molecule has 0 amide bonds. The highest BCUT2D eigenvalue weighted by Gasteiger charge is 2.07. The third-order valence-electron chi connectivity index (χ3n) is 2.38. The van der Waals surface area contributed by atoms with E-state index in [1.165, 1.54) is 11.5 Å². The molecule has 1 aromatic carbocycles. The van der Waals surface area contributed by atoms with E-state index in [0.717, 1.165) is 17.8 Å². The molecule has 0 aliphatic carbocycles. The maximum atomic E-state index is 5.66. The number of hydrogen-bond acceptors (Lipinski definition) is 6. The fraction of sp³-hybridized carbons (Fsp3) is 0.333. The van der Waals surface area contributed by atoms with Crippen molar-refractivity contribution in [3.05, 3.63) is 29.6 Å². The quantitative estimate of drug-likeness (QED) is 0.898. The van der Waals surface area contributed by atoms with Crippen molar-refractivity contribution in [2.45, 2.75) is 19.9 Å². The Morgan fingerprint density at radius 2 is 2.06 bits per heavy atom. The van der Waals surface area contributed by atoms with Crippen molar-refractivity contribution in [1.29, 1.82) is 0 Å². The van der Waals surface area contributed by atoms with Crippen molar-refractivity contribution in [2.24, 2.45) is 5.73 Å². The van der Waals surface area contributed by atoms with Gasteiger partial charge in [0.05, 0.1) is 7.11 Å². The lowest BCUT2D eigenvalue weighted by Crippen LogP contribution is -1.97. The first-order valence-corrected chi connectivity index (χ1v) is 6.41. The van der Waals surface area contributed by atoms with Crippen LogP contribution in [0, 0.1) is 0 Å². The molecular weight excluding hydrogens is 250 g/mol. The minimum atomic E-state index is 0.434. The summed E-state index contributed by atoms with van der Waals surface area (Å²) in [6.07, 6.45) is 0.798. The first-order chi connectivity index (χ1) is 8.75. The number of hydrogen-bond donors (Lipinski definition) is 1. The van der Waals surface area contributed by atoms with Crippen molar-refractivity contribution in [3.8, 4) is 16.7 Å². The lowest BCUT2D eigenvalue weighted by molar-refractivity contribution is 0.408. The summed E-state index contributed by atoms with van der Waals surface area (Å²) in [4.78, 5) is 4.25. The lowest BCUT2D eigenvalue weighted by Gasteiger charge is -2.07. The monoisotopic (exact) mass is 265 g/mol. The van der Waals surface area contributed by atoms with E-state index in [1.807, 2.05) is 19.1 Å². The molecule has 96 valence electrons. The van der Waals surface area contributed by atoms with Gasteiger partial charge in [-0.2, -0.15) is 9.36 Å². The van der Waals surface area contributed by atoms with Crippen LogP contribution in [0.4, 0.5) is 0 Å². The molecule has 0 aliphatic heterocycles.